The zero-order valence-electron chi connectivity index (χ0n) is 10.1. The fourth-order valence-corrected chi connectivity index (χ4v) is 1.23. The molecule has 0 saturated heterocycles. The fourth-order valence-electron chi connectivity index (χ4n) is 1.23. The molecule has 0 unspecified atom stereocenters. The number of carbonyl (C=O) groups is 1. The van der Waals surface area contributed by atoms with Gasteiger partial charge >= 0.3 is 0 Å². The summed E-state index contributed by atoms with van der Waals surface area (Å²) in [5.41, 5.74) is 6.49. The van der Waals surface area contributed by atoms with Gasteiger partial charge in [-0.25, -0.2) is 4.99 Å². The quantitative estimate of drug-likeness (QED) is 0.536. The Hall–Kier alpha value is -2.04. The van der Waals surface area contributed by atoms with E-state index < -0.39 is 0 Å². The first-order valence-electron chi connectivity index (χ1n) is 5.49. The molecule has 4 N–H and O–H groups in total. The molecule has 0 aliphatic heterocycles. The summed E-state index contributed by atoms with van der Waals surface area (Å²) in [6.07, 6.45) is 0. The lowest BCUT2D eigenvalue weighted by Crippen LogP contribution is -2.33. The molecule has 0 fully saturated rings. The van der Waals surface area contributed by atoms with Gasteiger partial charge in [0.15, 0.2) is 5.96 Å². The van der Waals surface area contributed by atoms with Crippen LogP contribution >= 0.6 is 0 Å². The fraction of sp³-hybridized carbons (Fsp3) is 0.333. The highest BCUT2D eigenvalue weighted by atomic mass is 16.1. The van der Waals surface area contributed by atoms with Gasteiger partial charge in [0.05, 0.1) is 0 Å². The van der Waals surface area contributed by atoms with Crippen molar-refractivity contribution in [3.05, 3.63) is 30.3 Å². The first kappa shape index (κ1) is 13.0. The van der Waals surface area contributed by atoms with Gasteiger partial charge < -0.3 is 16.4 Å². The number of anilines is 1. The zero-order valence-corrected chi connectivity index (χ0v) is 10.1. The van der Waals surface area contributed by atoms with Gasteiger partial charge in [0.2, 0.25) is 5.91 Å². The molecule has 1 rings (SSSR count). The van der Waals surface area contributed by atoms with E-state index in [2.05, 4.69) is 15.6 Å². The van der Waals surface area contributed by atoms with Crippen molar-refractivity contribution in [3.8, 4) is 0 Å². The molecule has 92 valence electrons. The first-order chi connectivity index (χ1) is 8.08. The topological polar surface area (TPSA) is 79.5 Å². The number of nitrogens with one attached hydrogen (secondary N) is 2. The lowest BCUT2D eigenvalue weighted by molar-refractivity contribution is -0.120. The third kappa shape index (κ3) is 5.55. The molecule has 1 amide bonds. The molecule has 0 aliphatic carbocycles. The van der Waals surface area contributed by atoms with Crippen molar-refractivity contribution in [2.24, 2.45) is 10.7 Å². The molecule has 0 heterocycles. The summed E-state index contributed by atoms with van der Waals surface area (Å²) in [4.78, 5) is 15.3. The van der Waals surface area contributed by atoms with Gasteiger partial charge in [0.25, 0.3) is 0 Å². The van der Waals surface area contributed by atoms with Gasteiger partial charge in [-0.05, 0) is 26.0 Å². The van der Waals surface area contributed by atoms with Crippen LogP contribution in [0.5, 0.6) is 0 Å². The molecule has 0 aliphatic rings. The van der Waals surface area contributed by atoms with Crippen molar-refractivity contribution < 1.29 is 4.79 Å². The maximum absolute atomic E-state index is 11.3. The smallest absolute Gasteiger partial charge is 0.242 e. The number of carbonyl (C=O) groups excluding carboxylic acids is 1. The number of para-hydroxylation sites is 1. The predicted octanol–water partition coefficient (Wildman–Crippen LogP) is 0.938. The van der Waals surface area contributed by atoms with Gasteiger partial charge in [-0.15, -0.1) is 0 Å². The average molecular weight is 234 g/mol. The Morgan fingerprint density at radius 1 is 1.35 bits per heavy atom. The maximum atomic E-state index is 11.3. The van der Waals surface area contributed by atoms with Crippen LogP contribution < -0.4 is 16.4 Å². The van der Waals surface area contributed by atoms with Gasteiger partial charge in [-0.3, -0.25) is 4.79 Å². The van der Waals surface area contributed by atoms with E-state index in [9.17, 15) is 4.79 Å². The number of aliphatic imine (C=N–C) groups is 1. The second kappa shape index (κ2) is 6.52. The first-order valence-corrected chi connectivity index (χ1v) is 5.49. The van der Waals surface area contributed by atoms with Crippen LogP contribution in [0.4, 0.5) is 5.69 Å². The third-order valence-corrected chi connectivity index (χ3v) is 1.89. The molecule has 1 aromatic rings. The Bertz CT molecular complexity index is 387. The molecular formula is C12H18N4O. The Labute approximate surface area is 101 Å². The number of benzene rings is 1. The number of hydrogen-bond donors (Lipinski definition) is 3. The second-order valence-electron chi connectivity index (χ2n) is 3.91. The minimum absolute atomic E-state index is 0.0316. The average Bonchev–Trinajstić information content (AvgIpc) is 2.27. The number of nitrogens with two attached hydrogens (primary N) is 1. The summed E-state index contributed by atoms with van der Waals surface area (Å²) in [5.74, 6) is 0.0907. The van der Waals surface area contributed by atoms with Crippen LogP contribution in [-0.4, -0.2) is 24.5 Å². The summed E-state index contributed by atoms with van der Waals surface area (Å²) in [6, 6.07) is 9.55. The van der Waals surface area contributed by atoms with E-state index in [0.717, 1.165) is 5.69 Å². The Morgan fingerprint density at radius 2 is 2.00 bits per heavy atom. The number of nitrogens with zero attached hydrogens (tertiary/aromatic N) is 1. The van der Waals surface area contributed by atoms with Crippen LogP contribution in [0.25, 0.3) is 0 Å². The van der Waals surface area contributed by atoms with Crippen LogP contribution in [-0.2, 0) is 4.79 Å². The van der Waals surface area contributed by atoms with E-state index in [1.807, 2.05) is 44.2 Å². The van der Waals surface area contributed by atoms with Gasteiger partial charge in [0, 0.05) is 11.7 Å². The van der Waals surface area contributed by atoms with E-state index in [4.69, 9.17) is 5.73 Å². The molecule has 0 aromatic heterocycles. The molecule has 5 heteroatoms. The summed E-state index contributed by atoms with van der Waals surface area (Å²) in [7, 11) is 0. The van der Waals surface area contributed by atoms with Crippen LogP contribution in [0.15, 0.2) is 35.3 Å². The minimum atomic E-state index is -0.141. The van der Waals surface area contributed by atoms with Crippen LogP contribution in [0, 0.1) is 0 Å². The molecular weight excluding hydrogens is 216 g/mol. The van der Waals surface area contributed by atoms with Crippen molar-refractivity contribution in [3.63, 3.8) is 0 Å². The molecule has 1 aromatic carbocycles. The van der Waals surface area contributed by atoms with E-state index in [-0.39, 0.29) is 24.5 Å². The molecule has 17 heavy (non-hydrogen) atoms. The zero-order chi connectivity index (χ0) is 12.7. The van der Waals surface area contributed by atoms with E-state index in [1.165, 1.54) is 0 Å². The molecule has 0 saturated carbocycles. The van der Waals surface area contributed by atoms with Gasteiger partial charge in [0.1, 0.15) is 6.54 Å². The minimum Gasteiger partial charge on any atom is -0.370 e. The maximum Gasteiger partial charge on any atom is 0.242 e. The van der Waals surface area contributed by atoms with Crippen LogP contribution in [0.2, 0.25) is 0 Å². The number of hydrogen-bond acceptors (Lipinski definition) is 2. The SMILES string of the molecule is CC(C)NC(=O)CN=C(N)Nc1ccccc1. The van der Waals surface area contributed by atoms with E-state index in [1.54, 1.807) is 0 Å². The van der Waals surface area contributed by atoms with Crippen LogP contribution in [0.1, 0.15) is 13.8 Å². The summed E-state index contributed by atoms with van der Waals surface area (Å²) < 4.78 is 0. The summed E-state index contributed by atoms with van der Waals surface area (Å²) in [6.45, 7) is 3.82. The van der Waals surface area contributed by atoms with Crippen molar-refractivity contribution in [2.75, 3.05) is 11.9 Å². The third-order valence-electron chi connectivity index (χ3n) is 1.89. The van der Waals surface area contributed by atoms with Crippen molar-refractivity contribution in [1.82, 2.24) is 5.32 Å². The molecule has 0 radical (unpaired) electrons. The largest absolute Gasteiger partial charge is 0.370 e. The normalized spacial score (nSPS) is 11.4. The van der Waals surface area contributed by atoms with Gasteiger partial charge in [-0.2, -0.15) is 0 Å². The van der Waals surface area contributed by atoms with Crippen LogP contribution in [0.3, 0.4) is 0 Å². The van der Waals surface area contributed by atoms with E-state index >= 15 is 0 Å². The van der Waals surface area contributed by atoms with Crippen molar-refractivity contribution >= 4 is 17.6 Å². The number of rotatable bonds is 4. The summed E-state index contributed by atoms with van der Waals surface area (Å²) in [5, 5.41) is 5.63. The highest BCUT2D eigenvalue weighted by Gasteiger charge is 2.01. The molecule has 0 atom stereocenters. The Balaban J connectivity index is 2.42. The highest BCUT2D eigenvalue weighted by molar-refractivity contribution is 5.93. The molecule has 0 bridgehead atoms. The Morgan fingerprint density at radius 3 is 2.59 bits per heavy atom. The number of guanidine groups is 1. The molecule has 5 nitrogen and oxygen atoms in total. The lowest BCUT2D eigenvalue weighted by Gasteiger charge is -2.07. The van der Waals surface area contributed by atoms with Gasteiger partial charge in [-0.1, -0.05) is 18.2 Å². The molecule has 0 spiro atoms. The van der Waals surface area contributed by atoms with E-state index in [0.29, 0.717) is 0 Å². The monoisotopic (exact) mass is 234 g/mol. The second-order valence-corrected chi connectivity index (χ2v) is 3.91. The van der Waals surface area contributed by atoms with Crippen molar-refractivity contribution in [2.45, 2.75) is 19.9 Å². The standard InChI is InChI=1S/C12H18N4O/c1-9(2)15-11(17)8-14-12(13)16-10-6-4-3-5-7-10/h3-7,9H,8H2,1-2H3,(H,15,17)(H3,13,14,16). The Kier molecular flexibility index (Phi) is 5.00. The number of amides is 1. The lowest BCUT2D eigenvalue weighted by atomic mass is 10.3. The highest BCUT2D eigenvalue weighted by Crippen LogP contribution is 2.03. The van der Waals surface area contributed by atoms with Crippen molar-refractivity contribution in [1.29, 1.82) is 0 Å². The summed E-state index contributed by atoms with van der Waals surface area (Å²) >= 11 is 0. The predicted molar refractivity (Wildman–Crippen MR) is 69.8 cm³/mol.